The van der Waals surface area contributed by atoms with Crippen molar-refractivity contribution in [1.29, 1.82) is 0 Å². The molecule has 2 atom stereocenters. The van der Waals surface area contributed by atoms with E-state index in [0.717, 1.165) is 22.6 Å². The van der Waals surface area contributed by atoms with Crippen LogP contribution >= 0.6 is 11.8 Å². The number of nitrogen functional groups attached to an aromatic ring is 1. The molecule has 1 aliphatic rings. The normalized spacial score (nSPS) is 25.2. The number of nitrogens with zero attached hydrogens (tertiary/aromatic N) is 1. The fourth-order valence-electron chi connectivity index (χ4n) is 2.66. The topological polar surface area (TPSA) is 29.3 Å². The highest BCUT2D eigenvalue weighted by atomic mass is 32.2. The summed E-state index contributed by atoms with van der Waals surface area (Å²) in [6, 6.07) is 8.29. The summed E-state index contributed by atoms with van der Waals surface area (Å²) in [7, 11) is 0. The SMILES string of the molecule is CC1CN(CCCc2ccc(N)cc2)CC(C)S1. The van der Waals surface area contributed by atoms with E-state index >= 15 is 0 Å². The number of hydrogen-bond donors (Lipinski definition) is 1. The van der Waals surface area contributed by atoms with Crippen molar-refractivity contribution in [2.24, 2.45) is 0 Å². The highest BCUT2D eigenvalue weighted by Crippen LogP contribution is 2.24. The molecule has 0 radical (unpaired) electrons. The van der Waals surface area contributed by atoms with E-state index < -0.39 is 0 Å². The van der Waals surface area contributed by atoms with Gasteiger partial charge < -0.3 is 10.6 Å². The lowest BCUT2D eigenvalue weighted by atomic mass is 10.1. The highest BCUT2D eigenvalue weighted by molar-refractivity contribution is 8.00. The molecule has 1 heterocycles. The summed E-state index contributed by atoms with van der Waals surface area (Å²) < 4.78 is 0. The second-order valence-electron chi connectivity index (χ2n) is 5.36. The summed E-state index contributed by atoms with van der Waals surface area (Å²) >= 11 is 2.12. The van der Waals surface area contributed by atoms with E-state index in [0.29, 0.717) is 0 Å². The van der Waals surface area contributed by atoms with Crippen LogP contribution in [0.4, 0.5) is 5.69 Å². The van der Waals surface area contributed by atoms with Crippen molar-refractivity contribution in [3.05, 3.63) is 29.8 Å². The Balaban J connectivity index is 1.73. The predicted molar refractivity (Wildman–Crippen MR) is 82.1 cm³/mol. The maximum atomic E-state index is 5.69. The van der Waals surface area contributed by atoms with Crippen LogP contribution in [0.3, 0.4) is 0 Å². The van der Waals surface area contributed by atoms with E-state index in [1.165, 1.54) is 31.6 Å². The zero-order chi connectivity index (χ0) is 13.0. The average Bonchev–Trinajstić information content (AvgIpc) is 2.30. The van der Waals surface area contributed by atoms with E-state index in [4.69, 9.17) is 5.73 Å². The number of thioether (sulfide) groups is 1. The van der Waals surface area contributed by atoms with Crippen LogP contribution in [0.25, 0.3) is 0 Å². The van der Waals surface area contributed by atoms with Gasteiger partial charge >= 0.3 is 0 Å². The summed E-state index contributed by atoms with van der Waals surface area (Å²) in [5.74, 6) is 0. The molecule has 100 valence electrons. The Morgan fingerprint density at radius 1 is 1.17 bits per heavy atom. The van der Waals surface area contributed by atoms with Gasteiger partial charge in [-0.2, -0.15) is 11.8 Å². The Morgan fingerprint density at radius 3 is 2.39 bits per heavy atom. The van der Waals surface area contributed by atoms with Crippen LogP contribution in [0.2, 0.25) is 0 Å². The molecule has 0 amide bonds. The standard InChI is InChI=1S/C15H24N2S/c1-12-10-17(11-13(2)18-12)9-3-4-14-5-7-15(16)8-6-14/h5-8,12-13H,3-4,9-11,16H2,1-2H3. The van der Waals surface area contributed by atoms with Gasteiger partial charge in [-0.1, -0.05) is 26.0 Å². The molecule has 0 aliphatic carbocycles. The lowest BCUT2D eigenvalue weighted by Gasteiger charge is -2.34. The molecular weight excluding hydrogens is 240 g/mol. The molecule has 18 heavy (non-hydrogen) atoms. The second kappa shape index (κ2) is 6.48. The number of aryl methyl sites for hydroxylation is 1. The van der Waals surface area contributed by atoms with Crippen LogP contribution in [0, 0.1) is 0 Å². The van der Waals surface area contributed by atoms with Crippen LogP contribution in [-0.2, 0) is 6.42 Å². The van der Waals surface area contributed by atoms with Gasteiger partial charge in [0.15, 0.2) is 0 Å². The monoisotopic (exact) mass is 264 g/mol. The summed E-state index contributed by atoms with van der Waals surface area (Å²) in [6.07, 6.45) is 2.40. The third-order valence-corrected chi connectivity index (χ3v) is 4.64. The van der Waals surface area contributed by atoms with Crippen molar-refractivity contribution in [3.8, 4) is 0 Å². The molecule has 0 aromatic heterocycles. The van der Waals surface area contributed by atoms with E-state index in [9.17, 15) is 0 Å². The summed E-state index contributed by atoms with van der Waals surface area (Å²) in [5, 5.41) is 1.57. The Hall–Kier alpha value is -0.670. The minimum atomic E-state index is 0.783. The maximum Gasteiger partial charge on any atom is 0.0314 e. The van der Waals surface area contributed by atoms with Crippen molar-refractivity contribution in [3.63, 3.8) is 0 Å². The van der Waals surface area contributed by atoms with Crippen LogP contribution < -0.4 is 5.73 Å². The lowest BCUT2D eigenvalue weighted by molar-refractivity contribution is 0.268. The molecule has 1 aromatic rings. The van der Waals surface area contributed by atoms with E-state index in [1.807, 2.05) is 12.1 Å². The largest absolute Gasteiger partial charge is 0.399 e. The van der Waals surface area contributed by atoms with Crippen LogP contribution in [0.1, 0.15) is 25.8 Å². The first-order valence-electron chi connectivity index (χ1n) is 6.85. The van der Waals surface area contributed by atoms with Crippen molar-refractivity contribution >= 4 is 17.4 Å². The van der Waals surface area contributed by atoms with Gasteiger partial charge in [-0.15, -0.1) is 0 Å². The van der Waals surface area contributed by atoms with E-state index in [1.54, 1.807) is 0 Å². The Kier molecular flexibility index (Phi) is 4.95. The number of nitrogens with two attached hydrogens (primary N) is 1. The number of rotatable bonds is 4. The minimum absolute atomic E-state index is 0.783. The van der Waals surface area contributed by atoms with Crippen molar-refractivity contribution in [1.82, 2.24) is 4.90 Å². The molecular formula is C15H24N2S. The van der Waals surface area contributed by atoms with Crippen LogP contribution in [0.5, 0.6) is 0 Å². The first-order chi connectivity index (χ1) is 8.63. The number of hydrogen-bond acceptors (Lipinski definition) is 3. The van der Waals surface area contributed by atoms with Crippen molar-refractivity contribution in [2.75, 3.05) is 25.4 Å². The van der Waals surface area contributed by atoms with Gasteiger partial charge in [-0.05, 0) is 37.1 Å². The minimum Gasteiger partial charge on any atom is -0.399 e. The Morgan fingerprint density at radius 2 is 1.78 bits per heavy atom. The van der Waals surface area contributed by atoms with Crippen molar-refractivity contribution in [2.45, 2.75) is 37.2 Å². The highest BCUT2D eigenvalue weighted by Gasteiger charge is 2.21. The van der Waals surface area contributed by atoms with Gasteiger partial charge in [0, 0.05) is 29.3 Å². The molecule has 2 nitrogen and oxygen atoms in total. The van der Waals surface area contributed by atoms with Gasteiger partial charge in [0.25, 0.3) is 0 Å². The smallest absolute Gasteiger partial charge is 0.0314 e. The lowest BCUT2D eigenvalue weighted by Crippen LogP contribution is -2.40. The van der Waals surface area contributed by atoms with Crippen LogP contribution in [0.15, 0.2) is 24.3 Å². The zero-order valence-corrected chi connectivity index (χ0v) is 12.2. The summed E-state index contributed by atoms with van der Waals surface area (Å²) in [6.45, 7) is 8.40. The molecule has 1 saturated heterocycles. The summed E-state index contributed by atoms with van der Waals surface area (Å²) in [5.41, 5.74) is 7.95. The number of anilines is 1. The van der Waals surface area contributed by atoms with Gasteiger partial charge in [-0.3, -0.25) is 0 Å². The first-order valence-corrected chi connectivity index (χ1v) is 7.80. The molecule has 0 saturated carbocycles. The molecule has 3 heteroatoms. The quantitative estimate of drug-likeness (QED) is 0.848. The fraction of sp³-hybridized carbons (Fsp3) is 0.600. The predicted octanol–water partition coefficient (Wildman–Crippen LogP) is 3.03. The maximum absolute atomic E-state index is 5.69. The van der Waals surface area contributed by atoms with Crippen LogP contribution in [-0.4, -0.2) is 35.0 Å². The first kappa shape index (κ1) is 13.8. The average molecular weight is 264 g/mol. The molecule has 1 aromatic carbocycles. The Bertz CT molecular complexity index is 353. The third kappa shape index (κ3) is 4.21. The van der Waals surface area contributed by atoms with Gasteiger partial charge in [0.05, 0.1) is 0 Å². The third-order valence-electron chi connectivity index (χ3n) is 3.41. The molecule has 1 aliphatic heterocycles. The molecule has 1 fully saturated rings. The molecule has 2 unspecified atom stereocenters. The van der Waals surface area contributed by atoms with Gasteiger partial charge in [0.2, 0.25) is 0 Å². The zero-order valence-electron chi connectivity index (χ0n) is 11.4. The van der Waals surface area contributed by atoms with Gasteiger partial charge in [-0.25, -0.2) is 0 Å². The molecule has 2 rings (SSSR count). The number of benzene rings is 1. The van der Waals surface area contributed by atoms with E-state index in [-0.39, 0.29) is 0 Å². The second-order valence-corrected chi connectivity index (χ2v) is 7.24. The molecule has 2 N–H and O–H groups in total. The Labute approximate surface area is 115 Å². The van der Waals surface area contributed by atoms with Gasteiger partial charge in [0.1, 0.15) is 0 Å². The van der Waals surface area contributed by atoms with Crippen molar-refractivity contribution < 1.29 is 0 Å². The fourth-order valence-corrected chi connectivity index (χ4v) is 4.04. The molecule has 0 bridgehead atoms. The summed E-state index contributed by atoms with van der Waals surface area (Å²) in [4.78, 5) is 2.61. The van der Waals surface area contributed by atoms with E-state index in [2.05, 4.69) is 42.6 Å². The molecule has 0 spiro atoms.